The largest absolute Gasteiger partial charge is 0.476 e. The first-order valence-electron chi connectivity index (χ1n) is 5.91. The summed E-state index contributed by atoms with van der Waals surface area (Å²) >= 11 is 0. The SMILES string of the molecule is O=C(NCCOc1ccn[nH]1)OCc1ccccc1. The van der Waals surface area contributed by atoms with Gasteiger partial charge in [0.2, 0.25) is 5.88 Å². The Morgan fingerprint density at radius 2 is 2.11 bits per heavy atom. The molecule has 1 aromatic heterocycles. The number of alkyl carbamates (subject to hydrolysis) is 1. The normalized spacial score (nSPS) is 9.89. The monoisotopic (exact) mass is 261 g/mol. The molecule has 0 radical (unpaired) electrons. The lowest BCUT2D eigenvalue weighted by molar-refractivity contribution is 0.137. The van der Waals surface area contributed by atoms with Crippen molar-refractivity contribution in [2.45, 2.75) is 6.61 Å². The van der Waals surface area contributed by atoms with Crippen molar-refractivity contribution in [3.8, 4) is 5.88 Å². The van der Waals surface area contributed by atoms with Gasteiger partial charge >= 0.3 is 6.09 Å². The molecule has 100 valence electrons. The second-order valence-electron chi connectivity index (χ2n) is 3.76. The number of amides is 1. The van der Waals surface area contributed by atoms with Crippen LogP contribution in [0.15, 0.2) is 42.6 Å². The number of hydrogen-bond donors (Lipinski definition) is 2. The van der Waals surface area contributed by atoms with Crippen molar-refractivity contribution < 1.29 is 14.3 Å². The van der Waals surface area contributed by atoms with Crippen LogP contribution in [0, 0.1) is 0 Å². The van der Waals surface area contributed by atoms with Crippen LogP contribution in [0.2, 0.25) is 0 Å². The van der Waals surface area contributed by atoms with Crippen LogP contribution in [0.5, 0.6) is 5.88 Å². The Labute approximate surface area is 110 Å². The van der Waals surface area contributed by atoms with Gasteiger partial charge in [-0.05, 0) is 5.56 Å². The average molecular weight is 261 g/mol. The molecule has 0 bridgehead atoms. The number of H-pyrrole nitrogens is 1. The van der Waals surface area contributed by atoms with E-state index in [1.165, 1.54) is 0 Å². The van der Waals surface area contributed by atoms with Gasteiger partial charge in [0.1, 0.15) is 13.2 Å². The summed E-state index contributed by atoms with van der Waals surface area (Å²) in [6.45, 7) is 0.976. The molecule has 1 amide bonds. The molecule has 19 heavy (non-hydrogen) atoms. The van der Waals surface area contributed by atoms with Gasteiger partial charge in [-0.2, -0.15) is 5.10 Å². The lowest BCUT2D eigenvalue weighted by Crippen LogP contribution is -2.28. The van der Waals surface area contributed by atoms with E-state index in [0.717, 1.165) is 5.56 Å². The fourth-order valence-electron chi connectivity index (χ4n) is 1.41. The Hall–Kier alpha value is -2.50. The van der Waals surface area contributed by atoms with E-state index in [0.29, 0.717) is 19.0 Å². The molecule has 6 heteroatoms. The maximum Gasteiger partial charge on any atom is 0.407 e. The van der Waals surface area contributed by atoms with Crippen LogP contribution in [-0.2, 0) is 11.3 Å². The summed E-state index contributed by atoms with van der Waals surface area (Å²) in [5.74, 6) is 0.569. The summed E-state index contributed by atoms with van der Waals surface area (Å²) in [4.78, 5) is 11.4. The van der Waals surface area contributed by atoms with Crippen molar-refractivity contribution in [3.63, 3.8) is 0 Å². The molecule has 0 aliphatic carbocycles. The zero-order chi connectivity index (χ0) is 13.3. The molecule has 2 rings (SSSR count). The molecule has 0 saturated carbocycles. The lowest BCUT2D eigenvalue weighted by atomic mass is 10.2. The Balaban J connectivity index is 1.57. The summed E-state index contributed by atoms with van der Waals surface area (Å²) in [5.41, 5.74) is 0.950. The van der Waals surface area contributed by atoms with E-state index in [-0.39, 0.29) is 6.61 Å². The van der Waals surface area contributed by atoms with Gasteiger partial charge in [0.05, 0.1) is 12.7 Å². The highest BCUT2D eigenvalue weighted by molar-refractivity contribution is 5.67. The van der Waals surface area contributed by atoms with Crippen molar-refractivity contribution in [1.29, 1.82) is 0 Å². The third-order valence-electron chi connectivity index (χ3n) is 2.32. The maximum atomic E-state index is 11.4. The van der Waals surface area contributed by atoms with Gasteiger partial charge in [-0.25, -0.2) is 9.89 Å². The smallest absolute Gasteiger partial charge is 0.407 e. The molecule has 6 nitrogen and oxygen atoms in total. The number of nitrogens with zero attached hydrogens (tertiary/aromatic N) is 1. The topological polar surface area (TPSA) is 76.2 Å². The molecule has 0 fully saturated rings. The highest BCUT2D eigenvalue weighted by atomic mass is 16.5. The second-order valence-corrected chi connectivity index (χ2v) is 3.76. The molecule has 0 aliphatic rings. The van der Waals surface area contributed by atoms with Crippen LogP contribution in [-0.4, -0.2) is 29.4 Å². The third-order valence-corrected chi connectivity index (χ3v) is 2.32. The maximum absolute atomic E-state index is 11.4. The molecule has 1 aromatic carbocycles. The Morgan fingerprint density at radius 3 is 2.84 bits per heavy atom. The highest BCUT2D eigenvalue weighted by Gasteiger charge is 2.02. The van der Waals surface area contributed by atoms with Crippen LogP contribution in [0.25, 0.3) is 0 Å². The Kier molecular flexibility index (Phi) is 4.80. The van der Waals surface area contributed by atoms with Gasteiger partial charge < -0.3 is 14.8 Å². The van der Waals surface area contributed by atoms with Gasteiger partial charge in [0.15, 0.2) is 0 Å². The van der Waals surface area contributed by atoms with Crippen molar-refractivity contribution in [2.75, 3.05) is 13.2 Å². The molecule has 2 aromatic rings. The molecular weight excluding hydrogens is 246 g/mol. The molecule has 1 heterocycles. The minimum atomic E-state index is -0.461. The fraction of sp³-hybridized carbons (Fsp3) is 0.231. The van der Waals surface area contributed by atoms with Gasteiger partial charge in [0, 0.05) is 6.07 Å². The number of ether oxygens (including phenoxy) is 2. The summed E-state index contributed by atoms with van der Waals surface area (Å²) in [7, 11) is 0. The lowest BCUT2D eigenvalue weighted by Gasteiger charge is -2.07. The van der Waals surface area contributed by atoms with Crippen LogP contribution >= 0.6 is 0 Å². The van der Waals surface area contributed by atoms with E-state index >= 15 is 0 Å². The van der Waals surface area contributed by atoms with E-state index in [9.17, 15) is 4.79 Å². The van der Waals surface area contributed by atoms with Crippen molar-refractivity contribution in [3.05, 3.63) is 48.2 Å². The molecule has 0 atom stereocenters. The summed E-state index contributed by atoms with van der Waals surface area (Å²) in [5, 5.41) is 8.99. The summed E-state index contributed by atoms with van der Waals surface area (Å²) < 4.78 is 10.3. The number of carbonyl (C=O) groups is 1. The van der Waals surface area contributed by atoms with Crippen LogP contribution < -0.4 is 10.1 Å². The van der Waals surface area contributed by atoms with E-state index in [1.807, 2.05) is 30.3 Å². The molecule has 0 unspecified atom stereocenters. The van der Waals surface area contributed by atoms with Gasteiger partial charge in [-0.3, -0.25) is 0 Å². The number of aromatic nitrogens is 2. The first-order chi connectivity index (χ1) is 9.34. The molecule has 0 aliphatic heterocycles. The Bertz CT molecular complexity index is 485. The first kappa shape index (κ1) is 12.9. The van der Waals surface area contributed by atoms with Crippen molar-refractivity contribution >= 4 is 6.09 Å². The minimum Gasteiger partial charge on any atom is -0.476 e. The zero-order valence-corrected chi connectivity index (χ0v) is 10.3. The van der Waals surface area contributed by atoms with E-state index in [1.54, 1.807) is 12.3 Å². The molecule has 2 N–H and O–H groups in total. The van der Waals surface area contributed by atoms with Gasteiger partial charge in [0.25, 0.3) is 0 Å². The van der Waals surface area contributed by atoms with E-state index in [2.05, 4.69) is 15.5 Å². The quantitative estimate of drug-likeness (QED) is 0.776. The number of carbonyl (C=O) groups excluding carboxylic acids is 1. The van der Waals surface area contributed by atoms with Gasteiger partial charge in [-0.15, -0.1) is 0 Å². The van der Waals surface area contributed by atoms with Gasteiger partial charge in [-0.1, -0.05) is 30.3 Å². The predicted octanol–water partition coefficient (Wildman–Crippen LogP) is 1.71. The first-order valence-corrected chi connectivity index (χ1v) is 5.91. The van der Waals surface area contributed by atoms with Crippen molar-refractivity contribution in [2.24, 2.45) is 0 Å². The third kappa shape index (κ3) is 4.71. The number of hydrogen-bond acceptors (Lipinski definition) is 4. The number of rotatable bonds is 6. The van der Waals surface area contributed by atoms with Crippen LogP contribution in [0.1, 0.15) is 5.56 Å². The summed E-state index contributed by atoms with van der Waals surface area (Å²) in [6.07, 6.45) is 1.13. The van der Waals surface area contributed by atoms with Crippen LogP contribution in [0.4, 0.5) is 4.79 Å². The average Bonchev–Trinajstić information content (AvgIpc) is 2.96. The number of nitrogens with one attached hydrogen (secondary N) is 2. The minimum absolute atomic E-state index is 0.258. The van der Waals surface area contributed by atoms with E-state index < -0.39 is 6.09 Å². The zero-order valence-electron chi connectivity index (χ0n) is 10.3. The second kappa shape index (κ2) is 7.05. The highest BCUT2D eigenvalue weighted by Crippen LogP contribution is 2.01. The number of benzene rings is 1. The molecular formula is C13H15N3O3. The standard InChI is InChI=1S/C13H15N3O3/c17-13(19-10-11-4-2-1-3-5-11)14-8-9-18-12-6-7-15-16-12/h1-7H,8-10H2,(H,14,17)(H,15,16). The van der Waals surface area contributed by atoms with E-state index in [4.69, 9.17) is 9.47 Å². The number of aromatic amines is 1. The Morgan fingerprint density at radius 1 is 1.26 bits per heavy atom. The molecule has 0 saturated heterocycles. The fourth-order valence-corrected chi connectivity index (χ4v) is 1.41. The summed E-state index contributed by atoms with van der Waals surface area (Å²) in [6, 6.07) is 11.2. The van der Waals surface area contributed by atoms with Crippen molar-refractivity contribution in [1.82, 2.24) is 15.5 Å². The predicted molar refractivity (Wildman–Crippen MR) is 68.7 cm³/mol. The molecule has 0 spiro atoms. The van der Waals surface area contributed by atoms with Crippen LogP contribution in [0.3, 0.4) is 0 Å².